The van der Waals surface area contributed by atoms with E-state index < -0.39 is 0 Å². The number of amides is 1. The van der Waals surface area contributed by atoms with Crippen molar-refractivity contribution >= 4 is 5.91 Å². The van der Waals surface area contributed by atoms with Gasteiger partial charge in [0, 0.05) is 20.1 Å². The molecule has 3 rings (SSSR count). The fourth-order valence-electron chi connectivity index (χ4n) is 3.69. The fraction of sp³-hybridized carbons (Fsp3) is 0.524. The number of nitrogens with one attached hydrogen (secondary N) is 1. The normalized spacial score (nSPS) is 16.0. The maximum Gasteiger partial charge on any atom is 0.271 e. The van der Waals surface area contributed by atoms with E-state index in [0.717, 1.165) is 43.7 Å². The Bertz CT molecular complexity index is 761. The van der Waals surface area contributed by atoms with Crippen molar-refractivity contribution in [1.29, 1.82) is 0 Å². The predicted octanol–water partition coefficient (Wildman–Crippen LogP) is 3.32. The third-order valence-corrected chi connectivity index (χ3v) is 5.13. The largest absolute Gasteiger partial charge is 0.350 e. The summed E-state index contributed by atoms with van der Waals surface area (Å²) in [4.78, 5) is 15.0. The molecule has 1 amide bonds. The molecule has 1 aromatic carbocycles. The zero-order valence-electron chi connectivity index (χ0n) is 16.4. The molecule has 0 radical (unpaired) electrons. The highest BCUT2D eigenvalue weighted by Crippen LogP contribution is 2.21. The quantitative estimate of drug-likeness (QED) is 0.846. The predicted molar refractivity (Wildman–Crippen MR) is 105 cm³/mol. The number of likely N-dealkylation sites (tertiary alicyclic amines) is 1. The van der Waals surface area contributed by atoms with Gasteiger partial charge in [-0.2, -0.15) is 5.10 Å². The van der Waals surface area contributed by atoms with E-state index in [1.807, 2.05) is 0 Å². The molecular formula is C21H29FN4O. The lowest BCUT2D eigenvalue weighted by atomic mass is 9.96. The molecule has 5 nitrogen and oxygen atoms in total. The number of hydrogen-bond acceptors (Lipinski definition) is 3. The number of hydrogen-bond donors (Lipinski definition) is 1. The Kier molecular flexibility index (Phi) is 6.26. The molecule has 1 aromatic heterocycles. The van der Waals surface area contributed by atoms with Crippen LogP contribution in [-0.4, -0.2) is 46.8 Å². The van der Waals surface area contributed by atoms with E-state index in [2.05, 4.69) is 29.2 Å². The van der Waals surface area contributed by atoms with Gasteiger partial charge in [0.15, 0.2) is 5.69 Å². The van der Waals surface area contributed by atoms with Crippen molar-refractivity contribution in [2.75, 3.05) is 26.2 Å². The van der Waals surface area contributed by atoms with Crippen molar-refractivity contribution in [1.82, 2.24) is 20.0 Å². The minimum atomic E-state index is -0.279. The molecule has 27 heavy (non-hydrogen) atoms. The van der Waals surface area contributed by atoms with Crippen molar-refractivity contribution in [2.45, 2.75) is 26.7 Å². The molecule has 1 aliphatic heterocycles. The second-order valence-electron chi connectivity index (χ2n) is 7.89. The van der Waals surface area contributed by atoms with Crippen molar-refractivity contribution in [3.8, 4) is 11.3 Å². The molecule has 6 heteroatoms. The highest BCUT2D eigenvalue weighted by Gasteiger charge is 2.21. The minimum absolute atomic E-state index is 0.149. The van der Waals surface area contributed by atoms with Crippen LogP contribution in [0.3, 0.4) is 0 Å². The molecule has 0 aliphatic carbocycles. The highest BCUT2D eigenvalue weighted by atomic mass is 19.1. The maximum atomic E-state index is 13.1. The van der Waals surface area contributed by atoms with Crippen LogP contribution >= 0.6 is 0 Å². The van der Waals surface area contributed by atoms with Gasteiger partial charge in [-0.25, -0.2) is 4.39 Å². The summed E-state index contributed by atoms with van der Waals surface area (Å²) in [6.45, 7) is 8.56. The Morgan fingerprint density at radius 1 is 1.26 bits per heavy atom. The molecule has 0 atom stereocenters. The van der Waals surface area contributed by atoms with Crippen molar-refractivity contribution in [2.24, 2.45) is 18.9 Å². The van der Waals surface area contributed by atoms with Crippen LogP contribution in [0.25, 0.3) is 11.3 Å². The maximum absolute atomic E-state index is 13.1. The Morgan fingerprint density at radius 2 is 1.93 bits per heavy atom. The lowest BCUT2D eigenvalue weighted by Crippen LogP contribution is -2.40. The van der Waals surface area contributed by atoms with E-state index in [9.17, 15) is 9.18 Å². The molecule has 0 unspecified atom stereocenters. The Labute approximate surface area is 160 Å². The second kappa shape index (κ2) is 8.65. The molecule has 1 N–H and O–H groups in total. The van der Waals surface area contributed by atoms with Gasteiger partial charge in [-0.1, -0.05) is 13.8 Å². The first kappa shape index (κ1) is 19.5. The topological polar surface area (TPSA) is 50.2 Å². The number of halogens is 1. The van der Waals surface area contributed by atoms with Gasteiger partial charge >= 0.3 is 0 Å². The number of aromatic nitrogens is 2. The summed E-state index contributed by atoms with van der Waals surface area (Å²) in [6.07, 6.45) is 2.24. The van der Waals surface area contributed by atoms with E-state index in [1.165, 1.54) is 12.1 Å². The number of piperidine rings is 1. The molecule has 0 bridgehead atoms. The molecule has 146 valence electrons. The smallest absolute Gasteiger partial charge is 0.271 e. The highest BCUT2D eigenvalue weighted by molar-refractivity contribution is 5.93. The van der Waals surface area contributed by atoms with Crippen molar-refractivity contribution < 1.29 is 9.18 Å². The summed E-state index contributed by atoms with van der Waals surface area (Å²) in [5.41, 5.74) is 2.03. The van der Waals surface area contributed by atoms with Crippen LogP contribution in [0.2, 0.25) is 0 Å². The van der Waals surface area contributed by atoms with Gasteiger partial charge in [-0.05, 0) is 73.7 Å². The average molecular weight is 372 g/mol. The number of rotatable bonds is 6. The molecule has 1 aliphatic rings. The van der Waals surface area contributed by atoms with Gasteiger partial charge in [0.2, 0.25) is 0 Å². The number of benzene rings is 1. The molecule has 2 aromatic rings. The first-order valence-corrected chi connectivity index (χ1v) is 9.73. The van der Waals surface area contributed by atoms with Crippen LogP contribution in [-0.2, 0) is 7.05 Å². The molecule has 1 saturated heterocycles. The van der Waals surface area contributed by atoms with Gasteiger partial charge in [-0.15, -0.1) is 0 Å². The summed E-state index contributed by atoms with van der Waals surface area (Å²) in [6, 6.07) is 7.97. The minimum Gasteiger partial charge on any atom is -0.350 e. The number of nitrogens with zero attached hydrogens (tertiary/aromatic N) is 3. The van der Waals surface area contributed by atoms with E-state index in [-0.39, 0.29) is 11.7 Å². The second-order valence-corrected chi connectivity index (χ2v) is 7.89. The molecule has 0 spiro atoms. The van der Waals surface area contributed by atoms with Crippen molar-refractivity contribution in [3.05, 3.63) is 41.8 Å². The zero-order chi connectivity index (χ0) is 19.4. The Morgan fingerprint density at radius 3 is 2.56 bits per heavy atom. The van der Waals surface area contributed by atoms with E-state index >= 15 is 0 Å². The van der Waals surface area contributed by atoms with Crippen LogP contribution in [0.15, 0.2) is 30.3 Å². The standard InChI is InChI=1S/C21H29FN4O/c1-15(2)14-26-10-8-16(9-11-26)13-23-21(27)19-12-20(25(3)24-19)17-4-6-18(22)7-5-17/h4-7,12,15-16H,8-11,13-14H2,1-3H3,(H,23,27). The van der Waals surface area contributed by atoms with Gasteiger partial charge in [0.1, 0.15) is 5.82 Å². The number of carbonyl (C=O) groups is 1. The van der Waals surface area contributed by atoms with E-state index in [4.69, 9.17) is 0 Å². The Balaban J connectivity index is 1.53. The lowest BCUT2D eigenvalue weighted by molar-refractivity contribution is 0.0929. The zero-order valence-corrected chi connectivity index (χ0v) is 16.4. The van der Waals surface area contributed by atoms with Crippen LogP contribution in [0.1, 0.15) is 37.2 Å². The molecule has 0 saturated carbocycles. The average Bonchev–Trinajstić information content (AvgIpc) is 3.03. The summed E-state index contributed by atoms with van der Waals surface area (Å²) in [7, 11) is 1.79. The number of aryl methyl sites for hydroxylation is 1. The third kappa shape index (κ3) is 5.16. The van der Waals surface area contributed by atoms with Crippen molar-refractivity contribution in [3.63, 3.8) is 0 Å². The fourth-order valence-corrected chi connectivity index (χ4v) is 3.69. The van der Waals surface area contributed by atoms with E-state index in [0.29, 0.717) is 24.1 Å². The first-order valence-electron chi connectivity index (χ1n) is 9.73. The first-order chi connectivity index (χ1) is 12.9. The molecule has 1 fully saturated rings. The van der Waals surface area contributed by atoms with Gasteiger partial charge in [0.25, 0.3) is 5.91 Å². The summed E-state index contributed by atoms with van der Waals surface area (Å²) in [5, 5.41) is 7.35. The van der Waals surface area contributed by atoms with Gasteiger partial charge in [0.05, 0.1) is 5.69 Å². The van der Waals surface area contributed by atoms with Crippen LogP contribution < -0.4 is 5.32 Å². The molecular weight excluding hydrogens is 343 g/mol. The molecule has 2 heterocycles. The SMILES string of the molecule is CC(C)CN1CCC(CNC(=O)c2cc(-c3ccc(F)cc3)n(C)n2)CC1. The monoisotopic (exact) mass is 372 g/mol. The summed E-state index contributed by atoms with van der Waals surface area (Å²) in [5.74, 6) is 0.792. The van der Waals surface area contributed by atoms with Crippen LogP contribution in [0.5, 0.6) is 0 Å². The van der Waals surface area contributed by atoms with E-state index in [1.54, 1.807) is 29.9 Å². The number of carbonyl (C=O) groups excluding carboxylic acids is 1. The summed E-state index contributed by atoms with van der Waals surface area (Å²) >= 11 is 0. The van der Waals surface area contributed by atoms with Crippen LogP contribution in [0.4, 0.5) is 4.39 Å². The third-order valence-electron chi connectivity index (χ3n) is 5.13. The van der Waals surface area contributed by atoms with Gasteiger partial charge in [-0.3, -0.25) is 9.48 Å². The Hall–Kier alpha value is -2.21. The van der Waals surface area contributed by atoms with Gasteiger partial charge < -0.3 is 10.2 Å². The van der Waals surface area contributed by atoms with Crippen LogP contribution in [0, 0.1) is 17.7 Å². The lowest BCUT2D eigenvalue weighted by Gasteiger charge is -2.32. The summed E-state index contributed by atoms with van der Waals surface area (Å²) < 4.78 is 14.8.